The Morgan fingerprint density at radius 2 is 1.96 bits per heavy atom. The summed E-state index contributed by atoms with van der Waals surface area (Å²) in [6.07, 6.45) is 3.82. The van der Waals surface area contributed by atoms with E-state index in [0.717, 1.165) is 25.1 Å². The lowest BCUT2D eigenvalue weighted by Gasteiger charge is -2.24. The fourth-order valence-corrected chi connectivity index (χ4v) is 3.21. The van der Waals surface area contributed by atoms with Gasteiger partial charge in [-0.25, -0.2) is 0 Å². The fraction of sp³-hybridized carbons (Fsp3) is 0.600. The third-order valence-corrected chi connectivity index (χ3v) is 4.54. The zero-order valence-electron chi connectivity index (χ0n) is 15.8. The summed E-state index contributed by atoms with van der Waals surface area (Å²) in [6.45, 7) is 6.77. The monoisotopic (exact) mass is 381 g/mol. The van der Waals surface area contributed by atoms with Crippen molar-refractivity contribution in [3.8, 4) is 0 Å². The molecule has 1 saturated heterocycles. The molecule has 1 aromatic carbocycles. The molecule has 1 aliphatic heterocycles. The van der Waals surface area contributed by atoms with Crippen molar-refractivity contribution in [1.29, 1.82) is 0 Å². The Kier molecular flexibility index (Phi) is 10.3. The molecule has 1 aliphatic rings. The lowest BCUT2D eigenvalue weighted by molar-refractivity contribution is -0.129. The second kappa shape index (κ2) is 11.9. The normalized spacial score (nSPS) is 17.9. The van der Waals surface area contributed by atoms with E-state index in [2.05, 4.69) is 16.0 Å². The smallest absolute Gasteiger partial charge is 0.247 e. The van der Waals surface area contributed by atoms with Crippen molar-refractivity contribution >= 4 is 24.2 Å². The average molecular weight is 382 g/mol. The molecule has 0 bridgehead atoms. The summed E-state index contributed by atoms with van der Waals surface area (Å²) in [5.74, 6) is 0.667. The van der Waals surface area contributed by atoms with Crippen LogP contribution in [-0.2, 0) is 9.59 Å². The van der Waals surface area contributed by atoms with Crippen LogP contribution in [-0.4, -0.2) is 31.4 Å². The Bertz CT molecular complexity index is 545. The van der Waals surface area contributed by atoms with Gasteiger partial charge in [0.1, 0.15) is 6.04 Å². The molecule has 0 aromatic heterocycles. The minimum atomic E-state index is -0.628. The predicted molar refractivity (Wildman–Crippen MR) is 107 cm³/mol. The maximum absolute atomic E-state index is 12.7. The van der Waals surface area contributed by atoms with Crippen molar-refractivity contribution < 1.29 is 9.59 Å². The molecule has 2 amide bonds. The molecule has 26 heavy (non-hydrogen) atoms. The van der Waals surface area contributed by atoms with Gasteiger partial charge in [0, 0.05) is 13.0 Å². The first kappa shape index (κ1) is 22.5. The number of carbonyl (C=O) groups is 2. The maximum atomic E-state index is 12.7. The van der Waals surface area contributed by atoms with Crippen molar-refractivity contribution in [1.82, 2.24) is 16.0 Å². The summed E-state index contributed by atoms with van der Waals surface area (Å²) < 4.78 is 0. The minimum Gasteiger partial charge on any atom is -0.354 e. The Morgan fingerprint density at radius 3 is 2.58 bits per heavy atom. The topological polar surface area (TPSA) is 70.2 Å². The van der Waals surface area contributed by atoms with Crippen LogP contribution in [0.4, 0.5) is 0 Å². The number of hydrogen-bond donors (Lipinski definition) is 3. The van der Waals surface area contributed by atoms with E-state index >= 15 is 0 Å². The van der Waals surface area contributed by atoms with E-state index < -0.39 is 6.04 Å². The summed E-state index contributed by atoms with van der Waals surface area (Å²) in [5.41, 5.74) is 0.816. The summed E-state index contributed by atoms with van der Waals surface area (Å²) in [7, 11) is 0. The van der Waals surface area contributed by atoms with Gasteiger partial charge in [-0.05, 0) is 49.8 Å². The van der Waals surface area contributed by atoms with Gasteiger partial charge in [0.2, 0.25) is 11.8 Å². The summed E-state index contributed by atoms with van der Waals surface area (Å²) in [5, 5.41) is 9.29. The van der Waals surface area contributed by atoms with Crippen molar-refractivity contribution in [2.45, 2.75) is 45.6 Å². The molecule has 0 spiro atoms. The number of piperidine rings is 1. The van der Waals surface area contributed by atoms with Crippen LogP contribution in [0, 0.1) is 11.8 Å². The molecular weight excluding hydrogens is 350 g/mol. The molecule has 5 nitrogen and oxygen atoms in total. The average Bonchev–Trinajstić information content (AvgIpc) is 2.60. The van der Waals surface area contributed by atoms with Crippen molar-refractivity contribution in [2.75, 3.05) is 19.6 Å². The van der Waals surface area contributed by atoms with Gasteiger partial charge < -0.3 is 16.0 Å². The van der Waals surface area contributed by atoms with Gasteiger partial charge in [0.25, 0.3) is 0 Å². The third kappa shape index (κ3) is 7.75. The van der Waals surface area contributed by atoms with Crippen LogP contribution in [0.2, 0.25) is 0 Å². The summed E-state index contributed by atoms with van der Waals surface area (Å²) in [4.78, 5) is 24.8. The molecule has 2 unspecified atom stereocenters. The van der Waals surface area contributed by atoms with E-state index in [4.69, 9.17) is 0 Å². The highest BCUT2D eigenvalue weighted by molar-refractivity contribution is 5.88. The van der Waals surface area contributed by atoms with E-state index in [9.17, 15) is 9.59 Å². The first-order valence-corrected chi connectivity index (χ1v) is 9.39. The standard InChI is InChI=1S/C20H31N3O2.ClH/c1-15(2)13-18(24)23-19(17-8-4-3-5-9-17)20(25)22-12-10-16-7-6-11-21-14-16;/h3-5,8-9,15-16,19,21H,6-7,10-14H2,1-2H3,(H,22,25)(H,23,24);1H. The third-order valence-electron chi connectivity index (χ3n) is 4.54. The molecule has 3 N–H and O–H groups in total. The molecule has 0 aliphatic carbocycles. The molecule has 6 heteroatoms. The fourth-order valence-electron chi connectivity index (χ4n) is 3.21. The van der Waals surface area contributed by atoms with E-state index in [-0.39, 0.29) is 30.1 Å². The van der Waals surface area contributed by atoms with Gasteiger partial charge in [0.05, 0.1) is 0 Å². The SMILES string of the molecule is CC(C)CC(=O)NC(C(=O)NCCC1CCCNC1)c1ccccc1.Cl. The number of hydrogen-bond acceptors (Lipinski definition) is 3. The van der Waals surface area contributed by atoms with Crippen molar-refractivity contribution in [3.63, 3.8) is 0 Å². The molecule has 2 rings (SSSR count). The van der Waals surface area contributed by atoms with E-state index in [1.54, 1.807) is 0 Å². The highest BCUT2D eigenvalue weighted by Crippen LogP contribution is 2.15. The number of rotatable bonds is 8. The highest BCUT2D eigenvalue weighted by Gasteiger charge is 2.23. The zero-order valence-corrected chi connectivity index (χ0v) is 16.6. The molecule has 1 fully saturated rings. The van der Waals surface area contributed by atoms with E-state index in [1.165, 1.54) is 12.8 Å². The number of nitrogens with one attached hydrogen (secondary N) is 3. The number of halogens is 1. The Morgan fingerprint density at radius 1 is 1.23 bits per heavy atom. The first-order chi connectivity index (χ1) is 12.1. The molecule has 0 radical (unpaired) electrons. The molecule has 1 aromatic rings. The summed E-state index contributed by atoms with van der Waals surface area (Å²) >= 11 is 0. The number of benzene rings is 1. The van der Waals surface area contributed by atoms with Crippen LogP contribution in [0.5, 0.6) is 0 Å². The van der Waals surface area contributed by atoms with Gasteiger partial charge in [-0.3, -0.25) is 9.59 Å². The van der Waals surface area contributed by atoms with E-state index in [0.29, 0.717) is 18.9 Å². The predicted octanol–water partition coefficient (Wildman–Crippen LogP) is 2.82. The molecule has 146 valence electrons. The van der Waals surface area contributed by atoms with Crippen LogP contribution >= 0.6 is 12.4 Å². The van der Waals surface area contributed by atoms with Gasteiger partial charge in [-0.2, -0.15) is 0 Å². The molecule has 1 heterocycles. The van der Waals surface area contributed by atoms with Gasteiger partial charge >= 0.3 is 0 Å². The lowest BCUT2D eigenvalue weighted by Crippen LogP contribution is -2.41. The van der Waals surface area contributed by atoms with Crippen molar-refractivity contribution in [2.24, 2.45) is 11.8 Å². The van der Waals surface area contributed by atoms with Crippen molar-refractivity contribution in [3.05, 3.63) is 35.9 Å². The lowest BCUT2D eigenvalue weighted by atomic mass is 9.96. The maximum Gasteiger partial charge on any atom is 0.247 e. The largest absolute Gasteiger partial charge is 0.354 e. The van der Waals surface area contributed by atoms with E-state index in [1.807, 2.05) is 44.2 Å². The first-order valence-electron chi connectivity index (χ1n) is 9.39. The Labute approximate surface area is 163 Å². The number of carbonyl (C=O) groups excluding carboxylic acids is 2. The van der Waals surface area contributed by atoms with Gasteiger partial charge in [0.15, 0.2) is 0 Å². The molecular formula is C20H32ClN3O2. The van der Waals surface area contributed by atoms with Crippen LogP contribution in [0.1, 0.15) is 51.1 Å². The van der Waals surface area contributed by atoms with Gasteiger partial charge in [-0.1, -0.05) is 44.2 Å². The molecule has 0 saturated carbocycles. The Balaban J connectivity index is 0.00000338. The summed E-state index contributed by atoms with van der Waals surface area (Å²) in [6, 6.07) is 8.81. The molecule has 2 atom stereocenters. The second-order valence-electron chi connectivity index (χ2n) is 7.30. The highest BCUT2D eigenvalue weighted by atomic mass is 35.5. The quantitative estimate of drug-likeness (QED) is 0.648. The van der Waals surface area contributed by atoms with Crippen LogP contribution in [0.15, 0.2) is 30.3 Å². The zero-order chi connectivity index (χ0) is 18.1. The van der Waals surface area contributed by atoms with Crippen LogP contribution in [0.25, 0.3) is 0 Å². The van der Waals surface area contributed by atoms with Gasteiger partial charge in [-0.15, -0.1) is 12.4 Å². The van der Waals surface area contributed by atoms with Crippen LogP contribution < -0.4 is 16.0 Å². The van der Waals surface area contributed by atoms with Crippen LogP contribution in [0.3, 0.4) is 0 Å². The Hall–Kier alpha value is -1.59. The minimum absolute atomic E-state index is 0. The second-order valence-corrected chi connectivity index (χ2v) is 7.30. The number of amides is 2.